The highest BCUT2D eigenvalue weighted by atomic mass is 35.5. The maximum Gasteiger partial charge on any atom is 0.175 e. The van der Waals surface area contributed by atoms with E-state index in [9.17, 15) is 10.4 Å². The zero-order valence-corrected chi connectivity index (χ0v) is 13.7. The molecule has 3 rings (SSSR count). The van der Waals surface area contributed by atoms with E-state index in [0.717, 1.165) is 5.52 Å². The molecule has 0 amide bonds. The molecule has 1 aromatic heterocycles. The number of aliphatic hydroxyl groups is 1. The second-order valence-corrected chi connectivity index (χ2v) is 5.47. The molecule has 0 aliphatic carbocycles. The molecule has 0 spiro atoms. The number of oxime groups is 1. The molecule has 0 fully saturated rings. The van der Waals surface area contributed by atoms with E-state index in [1.54, 1.807) is 12.1 Å². The van der Waals surface area contributed by atoms with Gasteiger partial charge < -0.3 is 14.9 Å². The van der Waals surface area contributed by atoms with Gasteiger partial charge in [0.15, 0.2) is 18.2 Å². The van der Waals surface area contributed by atoms with Gasteiger partial charge in [-0.25, -0.2) is 4.98 Å². The van der Waals surface area contributed by atoms with Crippen LogP contribution in [-0.4, -0.2) is 27.9 Å². The van der Waals surface area contributed by atoms with Crippen LogP contribution in [-0.2, 0) is 4.84 Å². The lowest BCUT2D eigenvalue weighted by Crippen LogP contribution is -1.99. The number of H-pyrrole nitrogens is 1. The molecule has 2 N–H and O–H groups in total. The third-order valence-corrected chi connectivity index (χ3v) is 3.74. The van der Waals surface area contributed by atoms with Gasteiger partial charge in [0.2, 0.25) is 0 Å². The molecule has 2 aromatic carbocycles. The topological polar surface area (TPSA) is 94.3 Å². The van der Waals surface area contributed by atoms with Gasteiger partial charge in [-0.1, -0.05) is 47.1 Å². The SMILES string of the molecule is N#CC(=C(O)CO/N=C/c1ccccc1Cl)c1nc2ccccc2[nH]1. The van der Waals surface area contributed by atoms with Crippen LogP contribution in [0.3, 0.4) is 0 Å². The van der Waals surface area contributed by atoms with E-state index in [1.807, 2.05) is 42.5 Å². The summed E-state index contributed by atoms with van der Waals surface area (Å²) in [5, 5.41) is 23.7. The Morgan fingerprint density at radius 3 is 2.80 bits per heavy atom. The highest BCUT2D eigenvalue weighted by Gasteiger charge is 2.13. The molecule has 1 heterocycles. The van der Waals surface area contributed by atoms with Crippen LogP contribution in [0.1, 0.15) is 11.4 Å². The number of aromatic nitrogens is 2. The van der Waals surface area contributed by atoms with Crippen LogP contribution in [0.2, 0.25) is 5.02 Å². The minimum atomic E-state index is -0.266. The number of hydrogen-bond donors (Lipinski definition) is 2. The summed E-state index contributed by atoms with van der Waals surface area (Å²) in [4.78, 5) is 12.3. The highest BCUT2D eigenvalue weighted by Crippen LogP contribution is 2.19. The quantitative estimate of drug-likeness (QED) is 0.313. The summed E-state index contributed by atoms with van der Waals surface area (Å²) in [5.41, 5.74) is 2.17. The Morgan fingerprint density at radius 2 is 2.04 bits per heavy atom. The Bertz CT molecular complexity index is 968. The number of halogens is 1. The molecule has 0 unspecified atom stereocenters. The molecule has 0 atom stereocenters. The van der Waals surface area contributed by atoms with Crippen molar-refractivity contribution in [2.75, 3.05) is 6.61 Å². The lowest BCUT2D eigenvalue weighted by molar-refractivity contribution is 0.139. The van der Waals surface area contributed by atoms with Gasteiger partial charge in [0, 0.05) is 10.6 Å². The van der Waals surface area contributed by atoms with Gasteiger partial charge in [0.05, 0.1) is 17.2 Å². The normalized spacial score (nSPS) is 12.2. The number of nitrogens with one attached hydrogen (secondary N) is 1. The van der Waals surface area contributed by atoms with E-state index in [-0.39, 0.29) is 23.8 Å². The number of benzene rings is 2. The number of hydrogen-bond acceptors (Lipinski definition) is 5. The number of fused-ring (bicyclic) bond motifs is 1. The molecular formula is C18H13ClN4O2. The lowest BCUT2D eigenvalue weighted by atomic mass is 10.2. The number of para-hydroxylation sites is 2. The summed E-state index contributed by atoms with van der Waals surface area (Å²) in [7, 11) is 0. The fraction of sp³-hybridized carbons (Fsp3) is 0.0556. The van der Waals surface area contributed by atoms with Gasteiger partial charge in [-0.3, -0.25) is 0 Å². The van der Waals surface area contributed by atoms with E-state index in [1.165, 1.54) is 6.21 Å². The van der Waals surface area contributed by atoms with E-state index >= 15 is 0 Å². The summed E-state index contributed by atoms with van der Waals surface area (Å²) in [6, 6.07) is 16.4. The second-order valence-electron chi connectivity index (χ2n) is 5.07. The largest absolute Gasteiger partial charge is 0.507 e. The van der Waals surface area contributed by atoms with Crippen LogP contribution in [0.4, 0.5) is 0 Å². The fourth-order valence-corrected chi connectivity index (χ4v) is 2.35. The number of aromatic amines is 1. The molecule has 0 aliphatic rings. The van der Waals surface area contributed by atoms with Crippen molar-refractivity contribution in [2.24, 2.45) is 5.16 Å². The standard InChI is InChI=1S/C18H13ClN4O2/c19-14-6-2-1-5-12(14)10-21-25-11-17(24)13(9-20)18-22-15-7-3-4-8-16(15)23-18/h1-8,10,24H,11H2,(H,22,23)/b17-13?,21-10+. The van der Waals surface area contributed by atoms with Gasteiger partial charge in [0.1, 0.15) is 11.6 Å². The first-order valence-corrected chi connectivity index (χ1v) is 7.74. The van der Waals surface area contributed by atoms with Crippen LogP contribution in [0.15, 0.2) is 59.4 Å². The maximum atomic E-state index is 10.1. The Kier molecular flexibility index (Phi) is 4.97. The number of aliphatic hydroxyl groups excluding tert-OH is 1. The molecule has 124 valence electrons. The van der Waals surface area contributed by atoms with Gasteiger partial charge in [-0.2, -0.15) is 5.26 Å². The molecule has 6 nitrogen and oxygen atoms in total. The van der Waals surface area contributed by atoms with Crippen molar-refractivity contribution < 1.29 is 9.94 Å². The molecule has 0 radical (unpaired) electrons. The van der Waals surface area contributed by atoms with Gasteiger partial charge in [-0.15, -0.1) is 0 Å². The average molecular weight is 353 g/mol. The molecular weight excluding hydrogens is 340 g/mol. The first kappa shape index (κ1) is 16.6. The van der Waals surface area contributed by atoms with Gasteiger partial charge in [0.25, 0.3) is 0 Å². The molecule has 0 aliphatic heterocycles. The van der Waals surface area contributed by atoms with Crippen LogP contribution < -0.4 is 0 Å². The predicted molar refractivity (Wildman–Crippen MR) is 96.3 cm³/mol. The Morgan fingerprint density at radius 1 is 1.28 bits per heavy atom. The minimum absolute atomic E-state index is 0.00384. The van der Waals surface area contributed by atoms with E-state index in [4.69, 9.17) is 16.4 Å². The van der Waals surface area contributed by atoms with Crippen molar-refractivity contribution in [3.63, 3.8) is 0 Å². The molecule has 3 aromatic rings. The Labute approximate surface area is 148 Å². The predicted octanol–water partition coefficient (Wildman–Crippen LogP) is 4.06. The summed E-state index contributed by atoms with van der Waals surface area (Å²) >= 11 is 6.00. The first-order valence-electron chi connectivity index (χ1n) is 7.36. The average Bonchev–Trinajstić information content (AvgIpc) is 3.04. The fourth-order valence-electron chi connectivity index (χ4n) is 2.17. The summed E-state index contributed by atoms with van der Waals surface area (Å²) in [6.45, 7) is -0.263. The van der Waals surface area contributed by atoms with Crippen molar-refractivity contribution in [3.05, 3.63) is 70.7 Å². The zero-order chi connectivity index (χ0) is 17.6. The molecule has 0 saturated heterocycles. The van der Waals surface area contributed by atoms with Crippen LogP contribution in [0.5, 0.6) is 0 Å². The summed E-state index contributed by atoms with van der Waals surface area (Å²) < 4.78 is 0. The number of rotatable bonds is 5. The molecule has 7 heteroatoms. The number of nitrogens with zero attached hydrogens (tertiary/aromatic N) is 3. The van der Waals surface area contributed by atoms with Crippen molar-refractivity contribution >= 4 is 34.4 Å². The van der Waals surface area contributed by atoms with Crippen molar-refractivity contribution in [2.45, 2.75) is 0 Å². The second kappa shape index (κ2) is 7.51. The van der Waals surface area contributed by atoms with Crippen molar-refractivity contribution in [1.29, 1.82) is 5.26 Å². The van der Waals surface area contributed by atoms with Crippen LogP contribution in [0, 0.1) is 11.3 Å². The minimum Gasteiger partial charge on any atom is -0.507 e. The van der Waals surface area contributed by atoms with E-state index < -0.39 is 0 Å². The monoisotopic (exact) mass is 352 g/mol. The highest BCUT2D eigenvalue weighted by molar-refractivity contribution is 6.33. The lowest BCUT2D eigenvalue weighted by Gasteiger charge is -2.01. The number of nitriles is 1. The van der Waals surface area contributed by atoms with Crippen LogP contribution >= 0.6 is 11.6 Å². The zero-order valence-electron chi connectivity index (χ0n) is 13.0. The van der Waals surface area contributed by atoms with Crippen LogP contribution in [0.25, 0.3) is 16.6 Å². The number of imidazole rings is 1. The summed E-state index contributed by atoms with van der Waals surface area (Å²) in [6.07, 6.45) is 1.43. The van der Waals surface area contributed by atoms with E-state index in [0.29, 0.717) is 16.1 Å². The van der Waals surface area contributed by atoms with Crippen molar-refractivity contribution in [3.8, 4) is 6.07 Å². The molecule has 0 saturated carbocycles. The van der Waals surface area contributed by atoms with Gasteiger partial charge >= 0.3 is 0 Å². The first-order chi connectivity index (χ1) is 12.2. The smallest absolute Gasteiger partial charge is 0.175 e. The van der Waals surface area contributed by atoms with Gasteiger partial charge in [-0.05, 0) is 18.2 Å². The Balaban J connectivity index is 1.74. The third kappa shape index (κ3) is 3.79. The third-order valence-electron chi connectivity index (χ3n) is 3.40. The van der Waals surface area contributed by atoms with Crippen molar-refractivity contribution in [1.82, 2.24) is 9.97 Å². The number of allylic oxidation sites excluding steroid dienone is 1. The van der Waals surface area contributed by atoms with E-state index in [2.05, 4.69) is 15.1 Å². The Hall–Kier alpha value is -3.30. The molecule has 0 bridgehead atoms. The molecule has 25 heavy (non-hydrogen) atoms. The summed E-state index contributed by atoms with van der Waals surface area (Å²) in [5.74, 6) is 0.0118. The maximum absolute atomic E-state index is 10.1.